The number of unbranched alkanes of at least 4 members (excludes halogenated alkanes) is 1. The molecule has 3 rings (SSSR count). The van der Waals surface area contributed by atoms with Crippen molar-refractivity contribution in [3.05, 3.63) is 48.6 Å². The molecule has 0 saturated carbocycles. The lowest BCUT2D eigenvalue weighted by atomic mass is 9.76. The molecule has 23 heavy (non-hydrogen) atoms. The fourth-order valence-electron chi connectivity index (χ4n) is 4.42. The molecule has 0 aromatic heterocycles. The minimum Gasteiger partial charge on any atom is -0.299 e. The average molecular weight is 311 g/mol. The van der Waals surface area contributed by atoms with Crippen LogP contribution >= 0.6 is 0 Å². The van der Waals surface area contributed by atoms with E-state index in [-0.39, 0.29) is 0 Å². The lowest BCUT2D eigenvalue weighted by molar-refractivity contribution is -0.127. The molecule has 2 heteroatoms. The molecule has 2 aliphatic heterocycles. The molecule has 0 radical (unpaired) electrons. The second-order valence-electron chi connectivity index (χ2n) is 7.21. The van der Waals surface area contributed by atoms with E-state index in [4.69, 9.17) is 0 Å². The number of nitrogens with zero attached hydrogens (tertiary/aromatic N) is 1. The van der Waals surface area contributed by atoms with Crippen LogP contribution in [0.4, 0.5) is 0 Å². The van der Waals surface area contributed by atoms with Crippen LogP contribution in [0.15, 0.2) is 43.0 Å². The van der Waals surface area contributed by atoms with Gasteiger partial charge in [0, 0.05) is 31.0 Å². The average Bonchev–Trinajstić information content (AvgIpc) is 2.55. The van der Waals surface area contributed by atoms with Crippen molar-refractivity contribution >= 4 is 5.78 Å². The number of allylic oxidation sites excluding steroid dienone is 1. The monoisotopic (exact) mass is 311 g/mol. The zero-order chi connectivity index (χ0) is 16.1. The molecule has 2 nitrogen and oxygen atoms in total. The SMILES string of the molecule is C=CCCCC(=O)C1CC2CCCC(C1)N2Cc1ccccc1. The van der Waals surface area contributed by atoms with Gasteiger partial charge in [-0.15, -0.1) is 6.58 Å². The lowest BCUT2D eigenvalue weighted by Crippen LogP contribution is -2.52. The predicted molar refractivity (Wildman–Crippen MR) is 95.2 cm³/mol. The van der Waals surface area contributed by atoms with E-state index >= 15 is 0 Å². The number of rotatable bonds is 7. The number of fused-ring (bicyclic) bond motifs is 2. The molecule has 0 aliphatic carbocycles. The van der Waals surface area contributed by atoms with Gasteiger partial charge in [0.25, 0.3) is 0 Å². The highest BCUT2D eigenvalue weighted by molar-refractivity contribution is 5.81. The zero-order valence-corrected chi connectivity index (χ0v) is 14.1. The van der Waals surface area contributed by atoms with Crippen LogP contribution < -0.4 is 0 Å². The molecular weight excluding hydrogens is 282 g/mol. The van der Waals surface area contributed by atoms with Crippen molar-refractivity contribution in [2.24, 2.45) is 5.92 Å². The van der Waals surface area contributed by atoms with Crippen LogP contribution in [0.25, 0.3) is 0 Å². The maximum absolute atomic E-state index is 12.5. The number of hydrogen-bond acceptors (Lipinski definition) is 2. The first-order valence-electron chi connectivity index (χ1n) is 9.21. The second-order valence-corrected chi connectivity index (χ2v) is 7.21. The molecule has 1 aromatic carbocycles. The topological polar surface area (TPSA) is 20.3 Å². The van der Waals surface area contributed by atoms with Gasteiger partial charge in [-0.2, -0.15) is 0 Å². The molecule has 2 heterocycles. The Hall–Kier alpha value is -1.41. The van der Waals surface area contributed by atoms with Crippen LogP contribution in [0.2, 0.25) is 0 Å². The highest BCUT2D eigenvalue weighted by Gasteiger charge is 2.39. The van der Waals surface area contributed by atoms with Crippen LogP contribution in [-0.2, 0) is 11.3 Å². The van der Waals surface area contributed by atoms with E-state index in [1.165, 1.54) is 24.8 Å². The minimum atomic E-state index is 0.308. The summed E-state index contributed by atoms with van der Waals surface area (Å²) in [7, 11) is 0. The first kappa shape index (κ1) is 16.4. The van der Waals surface area contributed by atoms with Gasteiger partial charge in [0.1, 0.15) is 5.78 Å². The number of carbonyl (C=O) groups excluding carboxylic acids is 1. The van der Waals surface area contributed by atoms with Gasteiger partial charge in [0.05, 0.1) is 0 Å². The second kappa shape index (κ2) is 7.92. The third-order valence-corrected chi connectivity index (χ3v) is 5.62. The Morgan fingerprint density at radius 3 is 2.52 bits per heavy atom. The highest BCUT2D eigenvalue weighted by atomic mass is 16.1. The van der Waals surface area contributed by atoms with Gasteiger partial charge in [0.15, 0.2) is 0 Å². The van der Waals surface area contributed by atoms with Gasteiger partial charge < -0.3 is 0 Å². The van der Waals surface area contributed by atoms with Crippen LogP contribution in [0.5, 0.6) is 0 Å². The third kappa shape index (κ3) is 4.11. The maximum atomic E-state index is 12.5. The molecule has 2 saturated heterocycles. The Morgan fingerprint density at radius 1 is 1.17 bits per heavy atom. The number of Topliss-reactive ketones (excluding diaryl/α,β-unsaturated/α-hetero) is 1. The Morgan fingerprint density at radius 2 is 1.87 bits per heavy atom. The summed E-state index contributed by atoms with van der Waals surface area (Å²) in [5.74, 6) is 0.810. The Bertz CT molecular complexity index is 510. The van der Waals surface area contributed by atoms with E-state index in [1.54, 1.807) is 0 Å². The quantitative estimate of drug-likeness (QED) is 0.535. The van der Waals surface area contributed by atoms with Gasteiger partial charge in [-0.1, -0.05) is 42.8 Å². The van der Waals surface area contributed by atoms with Gasteiger partial charge in [0.2, 0.25) is 0 Å². The first-order chi connectivity index (χ1) is 11.3. The van der Waals surface area contributed by atoms with Crippen LogP contribution in [0.3, 0.4) is 0 Å². The molecule has 1 aromatic rings. The molecule has 2 unspecified atom stereocenters. The van der Waals surface area contributed by atoms with Gasteiger partial charge in [-0.3, -0.25) is 9.69 Å². The maximum Gasteiger partial charge on any atom is 0.136 e. The van der Waals surface area contributed by atoms with Crippen molar-refractivity contribution in [2.75, 3.05) is 0 Å². The van der Waals surface area contributed by atoms with E-state index in [9.17, 15) is 4.79 Å². The lowest BCUT2D eigenvalue weighted by Gasteiger charge is -2.48. The third-order valence-electron chi connectivity index (χ3n) is 5.62. The van der Waals surface area contributed by atoms with Crippen LogP contribution in [0, 0.1) is 5.92 Å². The Kier molecular flexibility index (Phi) is 5.66. The van der Waals surface area contributed by atoms with Crippen molar-refractivity contribution in [3.63, 3.8) is 0 Å². The fourth-order valence-corrected chi connectivity index (χ4v) is 4.42. The molecule has 0 N–H and O–H groups in total. The first-order valence-corrected chi connectivity index (χ1v) is 9.21. The number of benzene rings is 1. The van der Waals surface area contributed by atoms with Crippen LogP contribution in [-0.4, -0.2) is 22.8 Å². The Balaban J connectivity index is 1.61. The number of carbonyl (C=O) groups is 1. The van der Waals surface area contributed by atoms with Crippen LogP contribution in [0.1, 0.15) is 56.9 Å². The van der Waals surface area contributed by atoms with E-state index in [0.717, 1.165) is 38.6 Å². The van der Waals surface area contributed by atoms with Crippen molar-refractivity contribution in [1.82, 2.24) is 4.90 Å². The summed E-state index contributed by atoms with van der Waals surface area (Å²) in [5, 5.41) is 0. The number of ketones is 1. The molecule has 2 aliphatic rings. The largest absolute Gasteiger partial charge is 0.299 e. The minimum absolute atomic E-state index is 0.308. The summed E-state index contributed by atoms with van der Waals surface area (Å²) in [4.78, 5) is 15.2. The van der Waals surface area contributed by atoms with Crippen molar-refractivity contribution in [2.45, 2.75) is 70.0 Å². The van der Waals surface area contributed by atoms with Gasteiger partial charge in [-0.05, 0) is 44.1 Å². The molecule has 2 bridgehead atoms. The summed E-state index contributed by atoms with van der Waals surface area (Å²) < 4.78 is 0. The molecular formula is C21H29NO. The summed E-state index contributed by atoms with van der Waals surface area (Å²) >= 11 is 0. The number of piperidine rings is 2. The molecule has 0 amide bonds. The molecule has 2 fully saturated rings. The molecule has 124 valence electrons. The van der Waals surface area contributed by atoms with E-state index in [2.05, 4.69) is 41.8 Å². The summed E-state index contributed by atoms with van der Waals surface area (Å²) in [6, 6.07) is 12.0. The predicted octanol–water partition coefficient (Wildman–Crippen LogP) is 4.75. The zero-order valence-electron chi connectivity index (χ0n) is 14.1. The Labute approximate surface area is 140 Å². The van der Waals surface area contributed by atoms with Gasteiger partial charge in [-0.25, -0.2) is 0 Å². The highest BCUT2D eigenvalue weighted by Crippen LogP contribution is 2.38. The standard InChI is InChI=1S/C21H29NO/c1-2-3-5-13-21(23)18-14-19-11-8-12-20(15-18)22(19)16-17-9-6-4-7-10-17/h2,4,6-7,9-10,18-20H,1,3,5,8,11-16H2. The van der Waals surface area contributed by atoms with Crippen molar-refractivity contribution in [3.8, 4) is 0 Å². The molecule has 2 atom stereocenters. The van der Waals surface area contributed by atoms with E-state index < -0.39 is 0 Å². The molecule has 0 spiro atoms. The summed E-state index contributed by atoms with van der Waals surface area (Å²) in [6.45, 7) is 4.80. The summed E-state index contributed by atoms with van der Waals surface area (Å²) in [6.07, 6.45) is 10.6. The smallest absolute Gasteiger partial charge is 0.136 e. The van der Waals surface area contributed by atoms with Gasteiger partial charge >= 0.3 is 0 Å². The van der Waals surface area contributed by atoms with E-state index in [0.29, 0.717) is 23.8 Å². The fraction of sp³-hybridized carbons (Fsp3) is 0.571. The number of hydrogen-bond donors (Lipinski definition) is 0. The normalized spacial score (nSPS) is 27.6. The van der Waals surface area contributed by atoms with Crippen molar-refractivity contribution < 1.29 is 4.79 Å². The van der Waals surface area contributed by atoms with Crippen molar-refractivity contribution in [1.29, 1.82) is 0 Å². The summed E-state index contributed by atoms with van der Waals surface area (Å²) in [5.41, 5.74) is 1.40. The van der Waals surface area contributed by atoms with E-state index in [1.807, 2.05) is 6.08 Å².